The fourth-order valence-electron chi connectivity index (χ4n) is 1.65. The van der Waals surface area contributed by atoms with Crippen molar-refractivity contribution in [2.45, 2.75) is 32.9 Å². The molecule has 1 aromatic rings. The van der Waals surface area contributed by atoms with Crippen LogP contribution in [0.3, 0.4) is 0 Å². The van der Waals surface area contributed by atoms with E-state index >= 15 is 0 Å². The van der Waals surface area contributed by atoms with Crippen molar-refractivity contribution in [3.63, 3.8) is 0 Å². The molecule has 0 heterocycles. The van der Waals surface area contributed by atoms with E-state index in [1.807, 2.05) is 6.07 Å². The average Bonchev–Trinajstić information content (AvgIpc) is 2.35. The molecule has 0 radical (unpaired) electrons. The van der Waals surface area contributed by atoms with Crippen LogP contribution in [-0.4, -0.2) is 24.7 Å². The van der Waals surface area contributed by atoms with Gasteiger partial charge in [-0.05, 0) is 25.8 Å². The van der Waals surface area contributed by atoms with Gasteiger partial charge < -0.3 is 10.1 Å². The lowest BCUT2D eigenvalue weighted by Gasteiger charge is -2.13. The lowest BCUT2D eigenvalue weighted by Crippen LogP contribution is -2.26. The van der Waals surface area contributed by atoms with Crippen molar-refractivity contribution in [3.05, 3.63) is 39.4 Å². The van der Waals surface area contributed by atoms with Crippen LogP contribution >= 0.6 is 0 Å². The lowest BCUT2D eigenvalue weighted by molar-refractivity contribution is -0.385. The molecule has 0 saturated heterocycles. The molecule has 100 valence electrons. The van der Waals surface area contributed by atoms with Gasteiger partial charge in [0.15, 0.2) is 0 Å². The van der Waals surface area contributed by atoms with Crippen molar-refractivity contribution in [1.82, 2.24) is 5.32 Å². The van der Waals surface area contributed by atoms with Gasteiger partial charge in [0.25, 0.3) is 5.69 Å². The van der Waals surface area contributed by atoms with E-state index < -0.39 is 0 Å². The number of hydrogen-bond donors (Lipinski definition) is 1. The van der Waals surface area contributed by atoms with Crippen LogP contribution in [-0.2, 0) is 11.3 Å². The van der Waals surface area contributed by atoms with Gasteiger partial charge >= 0.3 is 0 Å². The smallest absolute Gasteiger partial charge is 0.272 e. The maximum atomic E-state index is 10.8. The SMILES string of the molecule is COCCC(C)NCc1ccc(C)c([N+](=O)[O-])c1. The largest absolute Gasteiger partial charge is 0.385 e. The van der Waals surface area contributed by atoms with Crippen LogP contribution in [0.2, 0.25) is 0 Å². The molecule has 0 spiro atoms. The van der Waals surface area contributed by atoms with Gasteiger partial charge in [0, 0.05) is 37.9 Å². The predicted octanol–water partition coefficient (Wildman–Crippen LogP) is 2.42. The van der Waals surface area contributed by atoms with Crippen molar-refractivity contribution in [3.8, 4) is 0 Å². The number of benzene rings is 1. The molecule has 1 atom stereocenters. The Bertz CT molecular complexity index is 407. The fourth-order valence-corrected chi connectivity index (χ4v) is 1.65. The lowest BCUT2D eigenvalue weighted by atomic mass is 10.1. The van der Waals surface area contributed by atoms with Gasteiger partial charge in [0.05, 0.1) is 4.92 Å². The van der Waals surface area contributed by atoms with Crippen LogP contribution in [0.1, 0.15) is 24.5 Å². The standard InChI is InChI=1S/C13H20N2O3/c1-10-4-5-12(8-13(10)15(16)17)9-14-11(2)6-7-18-3/h4-5,8,11,14H,6-7,9H2,1-3H3. The minimum absolute atomic E-state index is 0.179. The summed E-state index contributed by atoms with van der Waals surface area (Å²) in [6, 6.07) is 5.66. The van der Waals surface area contributed by atoms with Crippen LogP contribution in [0.5, 0.6) is 0 Å². The van der Waals surface area contributed by atoms with Crippen LogP contribution in [0.4, 0.5) is 5.69 Å². The second kappa shape index (κ2) is 7.08. The molecule has 0 saturated carbocycles. The molecule has 1 unspecified atom stereocenters. The summed E-state index contributed by atoms with van der Waals surface area (Å²) in [6.45, 7) is 5.16. The zero-order chi connectivity index (χ0) is 13.5. The quantitative estimate of drug-likeness (QED) is 0.598. The van der Waals surface area contributed by atoms with Crippen LogP contribution < -0.4 is 5.32 Å². The Morgan fingerprint density at radius 3 is 2.83 bits per heavy atom. The summed E-state index contributed by atoms with van der Waals surface area (Å²) in [5.74, 6) is 0. The first-order valence-corrected chi connectivity index (χ1v) is 6.01. The van der Waals surface area contributed by atoms with Gasteiger partial charge in [-0.1, -0.05) is 12.1 Å². The summed E-state index contributed by atoms with van der Waals surface area (Å²) in [4.78, 5) is 10.5. The molecule has 1 N–H and O–H groups in total. The van der Waals surface area contributed by atoms with Gasteiger partial charge in [-0.3, -0.25) is 10.1 Å². The Morgan fingerprint density at radius 2 is 2.22 bits per heavy atom. The van der Waals surface area contributed by atoms with Gasteiger partial charge in [-0.2, -0.15) is 0 Å². The van der Waals surface area contributed by atoms with E-state index in [2.05, 4.69) is 12.2 Å². The second-order valence-electron chi connectivity index (χ2n) is 4.44. The van der Waals surface area contributed by atoms with Crippen molar-refractivity contribution >= 4 is 5.69 Å². The molecular weight excluding hydrogens is 232 g/mol. The summed E-state index contributed by atoms with van der Waals surface area (Å²) in [5, 5.41) is 14.1. The highest BCUT2D eigenvalue weighted by Crippen LogP contribution is 2.19. The zero-order valence-electron chi connectivity index (χ0n) is 11.1. The number of methoxy groups -OCH3 is 1. The molecule has 0 bridgehead atoms. The molecule has 18 heavy (non-hydrogen) atoms. The second-order valence-corrected chi connectivity index (χ2v) is 4.44. The van der Waals surface area contributed by atoms with Gasteiger partial charge in [-0.25, -0.2) is 0 Å². The topological polar surface area (TPSA) is 64.4 Å². The Morgan fingerprint density at radius 1 is 1.50 bits per heavy atom. The number of nitrogens with one attached hydrogen (secondary N) is 1. The number of ether oxygens (including phenoxy) is 1. The number of nitrogens with zero attached hydrogens (tertiary/aromatic N) is 1. The van der Waals surface area contributed by atoms with E-state index in [1.165, 1.54) is 0 Å². The number of nitro benzene ring substituents is 1. The van der Waals surface area contributed by atoms with E-state index in [4.69, 9.17) is 4.74 Å². The third-order valence-corrected chi connectivity index (χ3v) is 2.88. The summed E-state index contributed by atoms with van der Waals surface area (Å²) in [5.41, 5.74) is 1.80. The van der Waals surface area contributed by atoms with E-state index in [0.29, 0.717) is 24.8 Å². The first kappa shape index (κ1) is 14.6. The number of hydrogen-bond acceptors (Lipinski definition) is 4. The minimum Gasteiger partial charge on any atom is -0.385 e. The zero-order valence-corrected chi connectivity index (χ0v) is 11.1. The van der Waals surface area contributed by atoms with Crippen LogP contribution in [0.15, 0.2) is 18.2 Å². The molecule has 5 nitrogen and oxygen atoms in total. The average molecular weight is 252 g/mol. The molecule has 5 heteroatoms. The summed E-state index contributed by atoms with van der Waals surface area (Å²) in [6.07, 6.45) is 0.921. The third-order valence-electron chi connectivity index (χ3n) is 2.88. The normalized spacial score (nSPS) is 12.4. The Hall–Kier alpha value is -1.46. The Labute approximate surface area is 107 Å². The highest BCUT2D eigenvalue weighted by molar-refractivity contribution is 5.42. The third kappa shape index (κ3) is 4.43. The number of nitro groups is 1. The Kier molecular flexibility index (Phi) is 5.74. The maximum absolute atomic E-state index is 10.8. The van der Waals surface area contributed by atoms with Crippen molar-refractivity contribution in [2.75, 3.05) is 13.7 Å². The molecule has 1 aromatic carbocycles. The maximum Gasteiger partial charge on any atom is 0.272 e. The van der Waals surface area contributed by atoms with E-state index in [9.17, 15) is 10.1 Å². The number of rotatable bonds is 7. The van der Waals surface area contributed by atoms with Crippen LogP contribution in [0, 0.1) is 17.0 Å². The summed E-state index contributed by atoms with van der Waals surface area (Å²) in [7, 11) is 1.68. The van der Waals surface area contributed by atoms with E-state index in [-0.39, 0.29) is 10.6 Å². The molecule has 0 fully saturated rings. The molecule has 0 aliphatic carbocycles. The van der Waals surface area contributed by atoms with Gasteiger partial charge in [-0.15, -0.1) is 0 Å². The van der Waals surface area contributed by atoms with Crippen molar-refractivity contribution in [1.29, 1.82) is 0 Å². The highest BCUT2D eigenvalue weighted by atomic mass is 16.6. The first-order valence-electron chi connectivity index (χ1n) is 6.01. The summed E-state index contributed by atoms with van der Waals surface area (Å²) < 4.78 is 5.00. The number of aryl methyl sites for hydroxylation is 1. The monoisotopic (exact) mass is 252 g/mol. The highest BCUT2D eigenvalue weighted by Gasteiger charge is 2.11. The molecular formula is C13H20N2O3. The molecule has 0 aliphatic rings. The molecule has 0 aliphatic heterocycles. The minimum atomic E-state index is -0.340. The first-order chi connectivity index (χ1) is 8.54. The van der Waals surface area contributed by atoms with Crippen molar-refractivity contribution in [2.24, 2.45) is 0 Å². The molecule has 1 rings (SSSR count). The Balaban J connectivity index is 2.57. The van der Waals surface area contributed by atoms with Gasteiger partial charge in [0.1, 0.15) is 0 Å². The van der Waals surface area contributed by atoms with E-state index in [0.717, 1.165) is 12.0 Å². The van der Waals surface area contributed by atoms with Crippen molar-refractivity contribution < 1.29 is 9.66 Å². The van der Waals surface area contributed by atoms with E-state index in [1.54, 1.807) is 26.2 Å². The molecule has 0 amide bonds. The molecule has 0 aromatic heterocycles. The summed E-state index contributed by atoms with van der Waals surface area (Å²) >= 11 is 0. The van der Waals surface area contributed by atoms with Gasteiger partial charge in [0.2, 0.25) is 0 Å². The van der Waals surface area contributed by atoms with Crippen LogP contribution in [0.25, 0.3) is 0 Å². The fraction of sp³-hybridized carbons (Fsp3) is 0.538. The predicted molar refractivity (Wildman–Crippen MR) is 70.6 cm³/mol.